The summed E-state index contributed by atoms with van der Waals surface area (Å²) in [5.74, 6) is 0. The number of thiazole rings is 1. The molecule has 2 bridgehead atoms. The van der Waals surface area contributed by atoms with Gasteiger partial charge in [-0.25, -0.2) is 4.98 Å². The monoisotopic (exact) mass is 238 g/mol. The molecule has 2 aliphatic rings. The molecule has 0 spiro atoms. The first-order valence-corrected chi connectivity index (χ1v) is 6.87. The summed E-state index contributed by atoms with van der Waals surface area (Å²) in [7, 11) is 0. The fraction of sp³-hybridized carbons (Fsp3) is 0.750. The number of aromatic nitrogens is 1. The van der Waals surface area contributed by atoms with Gasteiger partial charge in [-0.05, 0) is 39.5 Å². The van der Waals surface area contributed by atoms with E-state index >= 15 is 0 Å². The van der Waals surface area contributed by atoms with E-state index in [0.717, 1.165) is 18.5 Å². The SMILES string of the molecule is Cc1nc(N2C3CCC2CC(O)C3)sc1C. The summed E-state index contributed by atoms with van der Waals surface area (Å²) in [5, 5.41) is 10.9. The Bertz CT molecular complexity index is 370. The maximum atomic E-state index is 9.77. The third-order valence-electron chi connectivity index (χ3n) is 3.95. The van der Waals surface area contributed by atoms with Crippen molar-refractivity contribution in [3.05, 3.63) is 10.6 Å². The van der Waals surface area contributed by atoms with Gasteiger partial charge in [0, 0.05) is 17.0 Å². The Balaban J connectivity index is 1.90. The van der Waals surface area contributed by atoms with Gasteiger partial charge in [0.05, 0.1) is 11.8 Å². The second-order valence-electron chi connectivity index (χ2n) is 5.06. The fourth-order valence-electron chi connectivity index (χ4n) is 3.03. The Morgan fingerprint density at radius 3 is 2.38 bits per heavy atom. The number of aryl methyl sites for hydroxylation is 2. The first-order chi connectivity index (χ1) is 7.65. The normalized spacial score (nSPS) is 33.4. The number of nitrogens with zero attached hydrogens (tertiary/aromatic N) is 2. The van der Waals surface area contributed by atoms with Gasteiger partial charge in [-0.3, -0.25) is 0 Å². The molecule has 2 aliphatic heterocycles. The minimum atomic E-state index is -0.0871. The summed E-state index contributed by atoms with van der Waals surface area (Å²) in [4.78, 5) is 8.45. The summed E-state index contributed by atoms with van der Waals surface area (Å²) in [6.45, 7) is 4.22. The van der Waals surface area contributed by atoms with Crippen molar-refractivity contribution in [1.82, 2.24) is 4.98 Å². The van der Waals surface area contributed by atoms with Crippen LogP contribution in [-0.4, -0.2) is 28.3 Å². The van der Waals surface area contributed by atoms with E-state index in [2.05, 4.69) is 23.7 Å². The minimum Gasteiger partial charge on any atom is -0.393 e. The van der Waals surface area contributed by atoms with Crippen LogP contribution in [0, 0.1) is 13.8 Å². The topological polar surface area (TPSA) is 36.4 Å². The molecule has 2 unspecified atom stereocenters. The van der Waals surface area contributed by atoms with Crippen molar-refractivity contribution in [2.24, 2.45) is 0 Å². The van der Waals surface area contributed by atoms with Crippen molar-refractivity contribution in [3.8, 4) is 0 Å². The number of rotatable bonds is 1. The zero-order valence-electron chi connectivity index (χ0n) is 9.81. The highest BCUT2D eigenvalue weighted by atomic mass is 32.1. The van der Waals surface area contributed by atoms with Gasteiger partial charge in [0.2, 0.25) is 0 Å². The number of aliphatic hydroxyl groups is 1. The van der Waals surface area contributed by atoms with E-state index in [9.17, 15) is 5.11 Å². The zero-order chi connectivity index (χ0) is 11.3. The van der Waals surface area contributed by atoms with Crippen molar-refractivity contribution in [2.75, 3.05) is 4.90 Å². The number of piperidine rings is 1. The lowest BCUT2D eigenvalue weighted by atomic mass is 10.0. The number of hydrogen-bond donors (Lipinski definition) is 1. The lowest BCUT2D eigenvalue weighted by molar-refractivity contribution is 0.126. The van der Waals surface area contributed by atoms with E-state index in [1.54, 1.807) is 11.3 Å². The Hall–Kier alpha value is -0.610. The molecule has 3 heterocycles. The van der Waals surface area contributed by atoms with E-state index in [-0.39, 0.29) is 6.10 Å². The standard InChI is InChI=1S/C12H18N2OS/c1-7-8(2)16-12(13-7)14-9-3-4-10(14)6-11(15)5-9/h9-11,15H,3-6H2,1-2H3. The average molecular weight is 238 g/mol. The molecule has 2 saturated heterocycles. The highest BCUT2D eigenvalue weighted by molar-refractivity contribution is 7.15. The minimum absolute atomic E-state index is 0.0871. The smallest absolute Gasteiger partial charge is 0.186 e. The molecule has 1 N–H and O–H groups in total. The molecule has 2 fully saturated rings. The average Bonchev–Trinajstić information content (AvgIpc) is 2.67. The summed E-state index contributed by atoms with van der Waals surface area (Å²) < 4.78 is 0. The van der Waals surface area contributed by atoms with Crippen molar-refractivity contribution in [2.45, 2.75) is 57.7 Å². The molecular weight excluding hydrogens is 220 g/mol. The third-order valence-corrected chi connectivity index (χ3v) is 5.03. The van der Waals surface area contributed by atoms with Gasteiger partial charge >= 0.3 is 0 Å². The van der Waals surface area contributed by atoms with Crippen molar-refractivity contribution in [1.29, 1.82) is 0 Å². The van der Waals surface area contributed by atoms with Crippen LogP contribution in [0.3, 0.4) is 0 Å². The third kappa shape index (κ3) is 1.55. The molecule has 0 radical (unpaired) electrons. The predicted molar refractivity (Wildman–Crippen MR) is 66.1 cm³/mol. The summed E-state index contributed by atoms with van der Waals surface area (Å²) >= 11 is 1.80. The lowest BCUT2D eigenvalue weighted by Gasteiger charge is -2.37. The second kappa shape index (κ2) is 3.70. The molecule has 3 nitrogen and oxygen atoms in total. The van der Waals surface area contributed by atoms with E-state index in [1.165, 1.54) is 22.9 Å². The maximum Gasteiger partial charge on any atom is 0.186 e. The fourth-order valence-corrected chi connectivity index (χ4v) is 4.08. The molecule has 16 heavy (non-hydrogen) atoms. The molecule has 2 atom stereocenters. The van der Waals surface area contributed by atoms with E-state index < -0.39 is 0 Å². The van der Waals surface area contributed by atoms with Crippen LogP contribution >= 0.6 is 11.3 Å². The Labute approximate surface area is 100 Å². The largest absolute Gasteiger partial charge is 0.393 e. The summed E-state index contributed by atoms with van der Waals surface area (Å²) in [6, 6.07) is 1.05. The van der Waals surface area contributed by atoms with Crippen molar-refractivity contribution < 1.29 is 5.11 Å². The van der Waals surface area contributed by atoms with Crippen molar-refractivity contribution >= 4 is 16.5 Å². The van der Waals surface area contributed by atoms with Gasteiger partial charge in [0.15, 0.2) is 5.13 Å². The number of fused-ring (bicyclic) bond motifs is 2. The van der Waals surface area contributed by atoms with Gasteiger partial charge in [-0.15, -0.1) is 11.3 Å². The Morgan fingerprint density at radius 1 is 1.25 bits per heavy atom. The van der Waals surface area contributed by atoms with Gasteiger partial charge in [-0.1, -0.05) is 0 Å². The Kier molecular flexibility index (Phi) is 2.44. The Morgan fingerprint density at radius 2 is 1.88 bits per heavy atom. The van der Waals surface area contributed by atoms with Crippen LogP contribution in [-0.2, 0) is 0 Å². The van der Waals surface area contributed by atoms with Gasteiger partial charge in [-0.2, -0.15) is 0 Å². The van der Waals surface area contributed by atoms with Crippen LogP contribution in [0.4, 0.5) is 5.13 Å². The summed E-state index contributed by atoms with van der Waals surface area (Å²) in [6.07, 6.45) is 4.21. The number of anilines is 1. The molecule has 4 heteroatoms. The van der Waals surface area contributed by atoms with Crippen molar-refractivity contribution in [3.63, 3.8) is 0 Å². The first kappa shape index (κ1) is 10.5. The molecule has 88 valence electrons. The number of hydrogen-bond acceptors (Lipinski definition) is 4. The lowest BCUT2D eigenvalue weighted by Crippen LogP contribution is -2.44. The van der Waals surface area contributed by atoms with E-state index in [0.29, 0.717) is 12.1 Å². The maximum absolute atomic E-state index is 9.77. The van der Waals surface area contributed by atoms with Gasteiger partial charge in [0.1, 0.15) is 0 Å². The van der Waals surface area contributed by atoms with Crippen LogP contribution in [0.25, 0.3) is 0 Å². The molecule has 1 aromatic rings. The zero-order valence-corrected chi connectivity index (χ0v) is 10.6. The number of aliphatic hydroxyl groups excluding tert-OH is 1. The van der Waals surface area contributed by atoms with Crippen LogP contribution in [0.5, 0.6) is 0 Å². The quantitative estimate of drug-likeness (QED) is 0.815. The summed E-state index contributed by atoms with van der Waals surface area (Å²) in [5.41, 5.74) is 1.16. The van der Waals surface area contributed by atoms with E-state index in [4.69, 9.17) is 0 Å². The first-order valence-electron chi connectivity index (χ1n) is 6.05. The molecule has 0 saturated carbocycles. The van der Waals surface area contributed by atoms with Gasteiger partial charge < -0.3 is 10.0 Å². The molecule has 1 aromatic heterocycles. The van der Waals surface area contributed by atoms with Gasteiger partial charge in [0.25, 0.3) is 0 Å². The molecule has 3 rings (SSSR count). The molecule has 0 amide bonds. The molecular formula is C12H18N2OS. The van der Waals surface area contributed by atoms with Crippen LogP contribution in [0.2, 0.25) is 0 Å². The van der Waals surface area contributed by atoms with Crippen LogP contribution in [0.15, 0.2) is 0 Å². The highest BCUT2D eigenvalue weighted by Crippen LogP contribution is 2.41. The van der Waals surface area contributed by atoms with E-state index in [1.807, 2.05) is 0 Å². The highest BCUT2D eigenvalue weighted by Gasteiger charge is 2.41. The van der Waals surface area contributed by atoms with Crippen LogP contribution < -0.4 is 4.90 Å². The molecule has 0 aromatic carbocycles. The second-order valence-corrected chi connectivity index (χ2v) is 6.24. The predicted octanol–water partition coefficient (Wildman–Crippen LogP) is 2.25. The van der Waals surface area contributed by atoms with Crippen LogP contribution in [0.1, 0.15) is 36.3 Å². The molecule has 0 aliphatic carbocycles.